The first kappa shape index (κ1) is 20.9. The largest absolute Gasteiger partial charge is 0.510 e. The van der Waals surface area contributed by atoms with Crippen LogP contribution in [0.4, 0.5) is 5.95 Å². The first-order valence-corrected chi connectivity index (χ1v) is 12.1. The van der Waals surface area contributed by atoms with Gasteiger partial charge >= 0.3 is 0 Å². The highest BCUT2D eigenvalue weighted by molar-refractivity contribution is 7.99. The Hall–Kier alpha value is -2.99. The van der Waals surface area contributed by atoms with Gasteiger partial charge in [-0.25, -0.2) is 4.98 Å². The first-order valence-electron chi connectivity index (χ1n) is 11.1. The lowest BCUT2D eigenvalue weighted by Crippen LogP contribution is -2.34. The lowest BCUT2D eigenvalue weighted by molar-refractivity contribution is 0.420. The monoisotopic (exact) mass is 449 g/mol. The Morgan fingerprint density at radius 3 is 2.62 bits per heavy atom. The van der Waals surface area contributed by atoms with Gasteiger partial charge in [0.05, 0.1) is 16.8 Å². The zero-order valence-corrected chi connectivity index (χ0v) is 19.2. The van der Waals surface area contributed by atoms with Gasteiger partial charge in [0.25, 0.3) is 0 Å². The highest BCUT2D eigenvalue weighted by Gasteiger charge is 2.32. The minimum atomic E-state index is 0.00889. The summed E-state index contributed by atoms with van der Waals surface area (Å²) in [4.78, 5) is 6.90. The van der Waals surface area contributed by atoms with E-state index in [2.05, 4.69) is 37.6 Å². The number of fused-ring (bicyclic) bond motifs is 1. The number of anilines is 1. The molecule has 0 spiro atoms. The molecule has 0 bridgehead atoms. The molecule has 0 radical (unpaired) electrons. The standard InChI is InChI=1S/C23H27N7OS/c1-15-9-11-29(12-10-15)22-26-27-23(30(22)16-7-8-16)32-14-20(31)17(13-24)21-25-18-5-3-4-6-19(18)28(21)2/h3-6,15-16,31H,7-12,14H2,1-2H3/b20-17-. The number of para-hydroxylation sites is 2. The third kappa shape index (κ3) is 3.84. The molecule has 1 saturated carbocycles. The van der Waals surface area contributed by atoms with E-state index < -0.39 is 0 Å². The second-order valence-corrected chi connectivity index (χ2v) is 9.70. The smallest absolute Gasteiger partial charge is 0.228 e. The van der Waals surface area contributed by atoms with Gasteiger partial charge in [0.1, 0.15) is 17.4 Å². The van der Waals surface area contributed by atoms with Gasteiger partial charge in [-0.1, -0.05) is 30.8 Å². The van der Waals surface area contributed by atoms with Crippen molar-refractivity contribution in [3.8, 4) is 6.07 Å². The zero-order valence-electron chi connectivity index (χ0n) is 18.4. The maximum Gasteiger partial charge on any atom is 0.228 e. The third-order valence-corrected chi connectivity index (χ3v) is 7.33. The zero-order chi connectivity index (χ0) is 22.2. The maximum atomic E-state index is 10.8. The second-order valence-electron chi connectivity index (χ2n) is 8.76. The number of hydrogen-bond donors (Lipinski definition) is 1. The van der Waals surface area contributed by atoms with Crippen LogP contribution in [0.1, 0.15) is 44.5 Å². The molecule has 8 nitrogen and oxygen atoms in total. The number of aromatic nitrogens is 5. The van der Waals surface area contributed by atoms with Gasteiger partial charge in [-0.3, -0.25) is 4.57 Å². The SMILES string of the molecule is CC1CCN(c2nnc(SC/C(O)=C(\C#N)c3nc4ccccc4n3C)n2C2CC2)CC1. The van der Waals surface area contributed by atoms with E-state index in [0.717, 1.165) is 54.0 Å². The van der Waals surface area contributed by atoms with Crippen molar-refractivity contribution in [2.45, 2.75) is 43.8 Å². The summed E-state index contributed by atoms with van der Waals surface area (Å²) in [5.41, 5.74) is 1.91. The van der Waals surface area contributed by atoms with Gasteiger partial charge in [0.15, 0.2) is 11.0 Å². The Morgan fingerprint density at radius 2 is 1.94 bits per heavy atom. The van der Waals surface area contributed by atoms with Crippen LogP contribution >= 0.6 is 11.8 Å². The quantitative estimate of drug-likeness (QED) is 0.340. The Kier molecular flexibility index (Phi) is 5.55. The van der Waals surface area contributed by atoms with E-state index in [1.807, 2.05) is 35.9 Å². The lowest BCUT2D eigenvalue weighted by Gasteiger charge is -2.31. The number of aliphatic hydroxyl groups excluding tert-OH is 1. The van der Waals surface area contributed by atoms with Gasteiger partial charge < -0.3 is 14.6 Å². The summed E-state index contributed by atoms with van der Waals surface area (Å²) in [6, 6.07) is 10.3. The summed E-state index contributed by atoms with van der Waals surface area (Å²) < 4.78 is 4.08. The number of allylic oxidation sites excluding steroid dienone is 1. The number of nitrogens with zero attached hydrogens (tertiary/aromatic N) is 7. The Labute approximate surface area is 191 Å². The molecule has 5 rings (SSSR count). The van der Waals surface area contributed by atoms with Crippen molar-refractivity contribution in [1.29, 1.82) is 5.26 Å². The van der Waals surface area contributed by atoms with Crippen molar-refractivity contribution in [1.82, 2.24) is 24.3 Å². The normalized spacial score (nSPS) is 18.1. The lowest BCUT2D eigenvalue weighted by atomic mass is 10.00. The van der Waals surface area contributed by atoms with E-state index in [-0.39, 0.29) is 17.1 Å². The van der Waals surface area contributed by atoms with Gasteiger partial charge in [-0.2, -0.15) is 5.26 Å². The van der Waals surface area contributed by atoms with E-state index in [4.69, 9.17) is 0 Å². The van der Waals surface area contributed by atoms with E-state index >= 15 is 0 Å². The molecule has 0 atom stereocenters. The number of aryl methyl sites for hydroxylation is 1. The van der Waals surface area contributed by atoms with E-state index in [0.29, 0.717) is 11.9 Å². The van der Waals surface area contributed by atoms with Crippen molar-refractivity contribution in [3.05, 3.63) is 35.8 Å². The molecule has 9 heteroatoms. The molecule has 0 amide bonds. The van der Waals surface area contributed by atoms with E-state index in [1.165, 1.54) is 24.6 Å². The molecule has 3 aromatic rings. The maximum absolute atomic E-state index is 10.8. The molecule has 2 aromatic heterocycles. The van der Waals surface area contributed by atoms with Crippen LogP contribution in [0.25, 0.3) is 16.6 Å². The summed E-state index contributed by atoms with van der Waals surface area (Å²) in [7, 11) is 1.86. The summed E-state index contributed by atoms with van der Waals surface area (Å²) in [6.07, 6.45) is 4.61. The predicted octanol–water partition coefficient (Wildman–Crippen LogP) is 4.32. The minimum absolute atomic E-state index is 0.00889. The van der Waals surface area contributed by atoms with Crippen molar-refractivity contribution < 1.29 is 5.11 Å². The van der Waals surface area contributed by atoms with Crippen LogP contribution in [0.15, 0.2) is 35.2 Å². The molecule has 1 saturated heterocycles. The van der Waals surface area contributed by atoms with Crippen molar-refractivity contribution in [2.24, 2.45) is 13.0 Å². The highest BCUT2D eigenvalue weighted by Crippen LogP contribution is 2.41. The Morgan fingerprint density at radius 1 is 1.19 bits per heavy atom. The van der Waals surface area contributed by atoms with Crippen molar-refractivity contribution >= 4 is 34.3 Å². The number of thioether (sulfide) groups is 1. The molecular weight excluding hydrogens is 422 g/mol. The average molecular weight is 450 g/mol. The molecule has 1 N–H and O–H groups in total. The van der Waals surface area contributed by atoms with Crippen molar-refractivity contribution in [3.63, 3.8) is 0 Å². The molecule has 1 aliphatic carbocycles. The molecule has 166 valence electrons. The minimum Gasteiger partial charge on any atom is -0.510 e. The summed E-state index contributed by atoms with van der Waals surface area (Å²) in [5.74, 6) is 2.43. The second kappa shape index (κ2) is 8.51. The topological polar surface area (TPSA) is 95.8 Å². The molecule has 32 heavy (non-hydrogen) atoms. The van der Waals surface area contributed by atoms with Crippen LogP contribution in [-0.4, -0.2) is 48.3 Å². The highest BCUT2D eigenvalue weighted by atomic mass is 32.2. The molecule has 0 unspecified atom stereocenters. The van der Waals surface area contributed by atoms with Gasteiger partial charge in [-0.15, -0.1) is 10.2 Å². The molecule has 2 aliphatic rings. The number of rotatable bonds is 6. The number of imidazole rings is 1. The van der Waals surface area contributed by atoms with Crippen molar-refractivity contribution in [2.75, 3.05) is 23.7 Å². The molecular formula is C23H27N7OS. The van der Waals surface area contributed by atoms with E-state index in [9.17, 15) is 10.4 Å². The number of piperidine rings is 1. The first-order chi connectivity index (χ1) is 15.6. The van der Waals surface area contributed by atoms with Crippen LogP contribution in [0.5, 0.6) is 0 Å². The number of aliphatic hydroxyl groups is 1. The Balaban J connectivity index is 1.39. The Bertz CT molecular complexity index is 1210. The summed E-state index contributed by atoms with van der Waals surface area (Å²) in [5, 5.41) is 30.4. The number of nitriles is 1. The van der Waals surface area contributed by atoms with Gasteiger partial charge in [0.2, 0.25) is 5.95 Å². The molecule has 1 aromatic carbocycles. The fourth-order valence-corrected chi connectivity index (χ4v) is 5.14. The number of hydrogen-bond acceptors (Lipinski definition) is 7. The fourth-order valence-electron chi connectivity index (χ4n) is 4.26. The summed E-state index contributed by atoms with van der Waals surface area (Å²) >= 11 is 1.43. The molecule has 1 aliphatic heterocycles. The summed E-state index contributed by atoms with van der Waals surface area (Å²) in [6.45, 7) is 4.32. The van der Waals surface area contributed by atoms with Crippen LogP contribution in [0.2, 0.25) is 0 Å². The van der Waals surface area contributed by atoms with E-state index in [1.54, 1.807) is 0 Å². The average Bonchev–Trinajstić information content (AvgIpc) is 3.48. The van der Waals surface area contributed by atoms with Gasteiger partial charge in [-0.05, 0) is 43.7 Å². The van der Waals surface area contributed by atoms with Crippen LogP contribution < -0.4 is 4.90 Å². The predicted molar refractivity (Wildman–Crippen MR) is 126 cm³/mol. The van der Waals surface area contributed by atoms with Crippen LogP contribution in [0, 0.1) is 17.2 Å². The molecule has 2 fully saturated rings. The van der Waals surface area contributed by atoms with Gasteiger partial charge in [0, 0.05) is 26.2 Å². The number of benzene rings is 1. The third-order valence-electron chi connectivity index (χ3n) is 6.37. The van der Waals surface area contributed by atoms with Crippen LogP contribution in [-0.2, 0) is 7.05 Å². The van der Waals surface area contributed by atoms with Crippen LogP contribution in [0.3, 0.4) is 0 Å². The molecule has 3 heterocycles. The fraction of sp³-hybridized carbons (Fsp3) is 0.478.